The van der Waals surface area contributed by atoms with Gasteiger partial charge in [-0.3, -0.25) is 0 Å². The molecule has 8 aromatic rings. The zero-order valence-corrected chi connectivity index (χ0v) is 38.0. The van der Waals surface area contributed by atoms with Crippen LogP contribution in [0, 0.1) is 39.8 Å². The van der Waals surface area contributed by atoms with E-state index in [0.29, 0.717) is 11.1 Å². The number of benzene rings is 5. The smallest absolute Gasteiger partial charge is 0 e. The maximum Gasteiger partial charge on any atom is 0 e. The van der Waals surface area contributed by atoms with Crippen LogP contribution in [0.4, 0.5) is 0 Å². The molecular formula is C50H48GeIrN2S-2. The van der Waals surface area contributed by atoms with Gasteiger partial charge in [-0.1, -0.05) is 61.2 Å². The van der Waals surface area contributed by atoms with Crippen LogP contribution in [0.2, 0.25) is 17.3 Å². The summed E-state index contributed by atoms with van der Waals surface area (Å²) in [6.07, 6.45) is 3.79. The molecule has 55 heavy (non-hydrogen) atoms. The molecule has 5 heteroatoms. The Morgan fingerprint density at radius 3 is 2.13 bits per heavy atom. The van der Waals surface area contributed by atoms with Gasteiger partial charge in [-0.05, 0) is 69.9 Å². The van der Waals surface area contributed by atoms with Gasteiger partial charge in [0.15, 0.2) is 0 Å². The van der Waals surface area contributed by atoms with Gasteiger partial charge in [-0.15, -0.1) is 23.8 Å². The van der Waals surface area contributed by atoms with Gasteiger partial charge < -0.3 is 4.98 Å². The van der Waals surface area contributed by atoms with E-state index in [1.807, 2.05) is 68.6 Å². The Balaban J connectivity index is 0.000000197. The first-order valence-electron chi connectivity index (χ1n) is 20.4. The van der Waals surface area contributed by atoms with Crippen LogP contribution in [-0.2, 0) is 20.1 Å². The van der Waals surface area contributed by atoms with Crippen molar-refractivity contribution in [3.8, 4) is 44.8 Å². The molecule has 0 fully saturated rings. The van der Waals surface area contributed by atoms with E-state index in [2.05, 4.69) is 115 Å². The molecule has 0 bridgehead atoms. The summed E-state index contributed by atoms with van der Waals surface area (Å²) in [6.45, 7) is 8.10. The van der Waals surface area contributed by atoms with Crippen molar-refractivity contribution in [1.29, 1.82) is 0 Å². The number of fused-ring (bicyclic) bond motifs is 3. The van der Waals surface area contributed by atoms with Crippen LogP contribution in [0.15, 0.2) is 122 Å². The third kappa shape index (κ3) is 8.79. The Bertz CT molecular complexity index is 2760. The fourth-order valence-corrected chi connectivity index (χ4v) is 11.9. The van der Waals surface area contributed by atoms with Crippen molar-refractivity contribution in [2.24, 2.45) is 0 Å². The maximum atomic E-state index is 8.32. The largest absolute Gasteiger partial charge is 0 e. The molecule has 0 atom stereocenters. The van der Waals surface area contributed by atoms with Gasteiger partial charge in [0.2, 0.25) is 0 Å². The van der Waals surface area contributed by atoms with Crippen LogP contribution in [0.5, 0.6) is 0 Å². The number of thiophene rings is 1. The quantitative estimate of drug-likeness (QED) is 0.123. The second-order valence-corrected chi connectivity index (χ2v) is 26.9. The molecule has 3 aromatic heterocycles. The topological polar surface area (TPSA) is 25.8 Å². The first-order chi connectivity index (χ1) is 27.4. The minimum atomic E-state index is -2.19. The summed E-state index contributed by atoms with van der Waals surface area (Å²) >= 11 is -0.182. The van der Waals surface area contributed by atoms with Crippen molar-refractivity contribution >= 4 is 49.2 Å². The summed E-state index contributed by atoms with van der Waals surface area (Å²) in [7, 11) is 0. The van der Waals surface area contributed by atoms with E-state index >= 15 is 0 Å². The second-order valence-electron chi connectivity index (χ2n) is 15.3. The summed E-state index contributed by atoms with van der Waals surface area (Å²) in [6, 6.07) is 43.4. The molecule has 5 aromatic carbocycles. The van der Waals surface area contributed by atoms with E-state index in [9.17, 15) is 0 Å². The number of hydrogen-bond donors (Lipinski definition) is 0. The van der Waals surface area contributed by atoms with E-state index in [0.717, 1.165) is 38.3 Å². The SMILES string of the molecule is [2H]C(C)(C)c1ccnc(-c2[c-]c3sc4cc(-c5c(C)cccc5C)ccc4c3cc2)c1.[2H]C([2H])([2H])c1c[c-]c(-c2cc(C)[c]([Ge]([CH3])([CH3])[CH3])cn2)cc1-c1ccccc1.[Ir]. The zero-order valence-electron chi connectivity index (χ0n) is 36.7. The average molecular weight is 978 g/mol. The molecule has 0 aliphatic carbocycles. The number of aromatic nitrogens is 2. The van der Waals surface area contributed by atoms with Crippen molar-refractivity contribution in [2.45, 2.75) is 64.6 Å². The van der Waals surface area contributed by atoms with Gasteiger partial charge in [0.1, 0.15) is 0 Å². The van der Waals surface area contributed by atoms with Gasteiger partial charge >= 0.3 is 152 Å². The molecule has 2 nitrogen and oxygen atoms in total. The summed E-state index contributed by atoms with van der Waals surface area (Å²) in [5.74, 6) is 6.42. The van der Waals surface area contributed by atoms with Crippen molar-refractivity contribution in [3.05, 3.63) is 162 Å². The number of nitrogens with zero attached hydrogens (tertiary/aromatic N) is 2. The summed E-state index contributed by atoms with van der Waals surface area (Å²) in [5, 5.41) is 2.50. The van der Waals surface area contributed by atoms with Crippen LogP contribution < -0.4 is 4.40 Å². The second kappa shape index (κ2) is 16.9. The molecule has 279 valence electrons. The zero-order chi connectivity index (χ0) is 41.6. The maximum absolute atomic E-state index is 8.32. The van der Waals surface area contributed by atoms with Gasteiger partial charge in [0, 0.05) is 32.4 Å². The first kappa shape index (κ1) is 35.2. The van der Waals surface area contributed by atoms with Crippen LogP contribution >= 0.6 is 11.3 Å². The molecule has 0 aliphatic heterocycles. The predicted molar refractivity (Wildman–Crippen MR) is 237 cm³/mol. The third-order valence-corrected chi connectivity index (χ3v) is 15.6. The van der Waals surface area contributed by atoms with Gasteiger partial charge in [0.25, 0.3) is 0 Å². The fraction of sp³-hybridized carbons (Fsp3) is 0.200. The molecule has 1 radical (unpaired) electrons. The Labute approximate surface area is 353 Å². The Morgan fingerprint density at radius 2 is 1.44 bits per heavy atom. The standard InChI is InChI=1S/C28H24NS.C22H24GeN.Ir/c1-17(2)20-12-13-29-25(14-20)21-8-10-23-24-11-9-22(16-27(24)30-26(23)15-21)28-18(3)6-5-7-19(28)4;1-16-11-12-19(14-20(16)18-9-7-6-8-10-18)22-13-17(2)21(15-24-22)23(3,4)5;/h5-14,16-17H,1-4H3;6-11,13-15H,1-5H3;/q2*-1;/i17D;1D3;. The van der Waals surface area contributed by atoms with E-state index in [1.165, 1.54) is 47.7 Å². The van der Waals surface area contributed by atoms with E-state index in [4.69, 9.17) is 5.48 Å². The van der Waals surface area contributed by atoms with Crippen LogP contribution in [0.3, 0.4) is 0 Å². The minimum absolute atomic E-state index is 0. The predicted octanol–water partition coefficient (Wildman–Crippen LogP) is 13.7. The van der Waals surface area contributed by atoms with Crippen molar-refractivity contribution in [2.75, 3.05) is 0 Å². The van der Waals surface area contributed by atoms with Crippen LogP contribution in [0.1, 0.15) is 53.0 Å². The van der Waals surface area contributed by atoms with Gasteiger partial charge in [-0.2, -0.15) is 11.3 Å². The van der Waals surface area contributed by atoms with Crippen LogP contribution in [-0.4, -0.2) is 23.2 Å². The molecule has 0 amide bonds. The molecule has 0 N–H and O–H groups in total. The Morgan fingerprint density at radius 1 is 0.709 bits per heavy atom. The summed E-state index contributed by atoms with van der Waals surface area (Å²) in [5.41, 5.74) is 12.8. The molecule has 0 aliphatic rings. The molecule has 3 heterocycles. The first-order valence-corrected chi connectivity index (χ1v) is 26.6. The molecule has 0 unspecified atom stereocenters. The molecule has 0 saturated heterocycles. The van der Waals surface area contributed by atoms with Crippen LogP contribution in [0.25, 0.3) is 64.9 Å². The van der Waals surface area contributed by atoms with Crippen molar-refractivity contribution < 1.29 is 25.6 Å². The molecule has 8 rings (SSSR count). The normalized spacial score (nSPS) is 12.9. The monoisotopic (exact) mass is 979 g/mol. The third-order valence-electron chi connectivity index (χ3n) is 10.0. The van der Waals surface area contributed by atoms with Gasteiger partial charge in [-0.25, -0.2) is 0 Å². The molecule has 0 spiro atoms. The van der Waals surface area contributed by atoms with E-state index < -0.39 is 26.0 Å². The minimum Gasteiger partial charge on any atom is 0 e. The average Bonchev–Trinajstić information content (AvgIpc) is 3.54. The number of aryl methyl sites for hydroxylation is 4. The Kier molecular flexibility index (Phi) is 10.8. The molecular weight excluding hydrogens is 925 g/mol. The van der Waals surface area contributed by atoms with Crippen molar-refractivity contribution in [3.63, 3.8) is 0 Å². The number of rotatable bonds is 6. The van der Waals surface area contributed by atoms with E-state index in [-0.39, 0.29) is 20.1 Å². The van der Waals surface area contributed by atoms with Gasteiger partial charge in [0.05, 0.1) is 0 Å². The summed E-state index contributed by atoms with van der Waals surface area (Å²) < 4.78 is 35.7. The Hall–Kier alpha value is -4.19. The number of pyridine rings is 2. The summed E-state index contributed by atoms with van der Waals surface area (Å²) in [4.78, 5) is 9.22. The fourth-order valence-electron chi connectivity index (χ4n) is 7.15. The molecule has 0 saturated carbocycles. The van der Waals surface area contributed by atoms with E-state index in [1.54, 1.807) is 23.6 Å². The number of hydrogen-bond acceptors (Lipinski definition) is 3. The van der Waals surface area contributed by atoms with Crippen molar-refractivity contribution in [1.82, 2.24) is 9.97 Å².